The zero-order valence-electron chi connectivity index (χ0n) is 10.8. The van der Waals surface area contributed by atoms with Gasteiger partial charge in [0.25, 0.3) is 0 Å². The lowest BCUT2D eigenvalue weighted by molar-refractivity contribution is 0.627. The maximum Gasteiger partial charge on any atom is 0.137 e. The maximum absolute atomic E-state index is 13.2. The van der Waals surface area contributed by atoms with Gasteiger partial charge in [-0.15, -0.1) is 0 Å². The van der Waals surface area contributed by atoms with Crippen LogP contribution in [0.3, 0.4) is 0 Å². The largest absolute Gasteiger partial charge is 0.341 e. The molecular formula is C14H18FN3. The fourth-order valence-corrected chi connectivity index (χ4v) is 1.83. The van der Waals surface area contributed by atoms with E-state index < -0.39 is 0 Å². The van der Waals surface area contributed by atoms with Crippen molar-refractivity contribution in [3.8, 4) is 11.4 Å². The van der Waals surface area contributed by atoms with Gasteiger partial charge in [0.05, 0.1) is 0 Å². The summed E-state index contributed by atoms with van der Waals surface area (Å²) in [6, 6.07) is 4.74. The maximum atomic E-state index is 13.2. The summed E-state index contributed by atoms with van der Waals surface area (Å²) < 4.78 is 13.2. The predicted octanol–water partition coefficient (Wildman–Crippen LogP) is 3.02. The number of nitrogens with zero attached hydrogens (tertiary/aromatic N) is 1. The second-order valence-electron chi connectivity index (χ2n) is 4.39. The van der Waals surface area contributed by atoms with Crippen LogP contribution in [-0.4, -0.2) is 16.5 Å². The molecule has 0 amide bonds. The molecule has 0 aliphatic heterocycles. The van der Waals surface area contributed by atoms with Gasteiger partial charge in [0.2, 0.25) is 0 Å². The molecule has 0 bridgehead atoms. The van der Waals surface area contributed by atoms with E-state index in [0.29, 0.717) is 0 Å². The van der Waals surface area contributed by atoms with Gasteiger partial charge in [-0.3, -0.25) is 0 Å². The molecule has 0 radical (unpaired) electrons. The molecule has 3 nitrogen and oxygen atoms in total. The molecule has 96 valence electrons. The summed E-state index contributed by atoms with van der Waals surface area (Å²) in [6.07, 6.45) is 2.90. The average Bonchev–Trinajstić information content (AvgIpc) is 2.81. The van der Waals surface area contributed by atoms with E-state index in [1.807, 2.05) is 6.92 Å². The van der Waals surface area contributed by atoms with Crippen LogP contribution in [-0.2, 0) is 6.54 Å². The first-order valence-corrected chi connectivity index (χ1v) is 6.22. The number of nitrogens with one attached hydrogen (secondary N) is 2. The molecule has 0 saturated heterocycles. The third kappa shape index (κ3) is 2.96. The lowest BCUT2D eigenvalue weighted by Crippen LogP contribution is -2.13. The standard InChI is InChI=1S/C14H18FN3/c1-3-6-16-8-12-9-17-14(18-12)13-7-11(15)5-4-10(13)2/h4-5,7,9,16H,3,6,8H2,1-2H3,(H,17,18). The molecule has 2 aromatic rings. The molecule has 0 spiro atoms. The van der Waals surface area contributed by atoms with Crippen molar-refractivity contribution in [2.24, 2.45) is 0 Å². The van der Waals surface area contributed by atoms with Crippen molar-refractivity contribution < 1.29 is 4.39 Å². The van der Waals surface area contributed by atoms with Crippen LogP contribution >= 0.6 is 0 Å². The molecule has 0 aliphatic rings. The summed E-state index contributed by atoms with van der Waals surface area (Å²) in [4.78, 5) is 7.52. The SMILES string of the molecule is CCCNCc1cnc(-c2cc(F)ccc2C)[nH]1. The molecule has 1 aromatic heterocycles. The average molecular weight is 247 g/mol. The fraction of sp³-hybridized carbons (Fsp3) is 0.357. The van der Waals surface area contributed by atoms with Crippen LogP contribution in [0.25, 0.3) is 11.4 Å². The van der Waals surface area contributed by atoms with Gasteiger partial charge in [0, 0.05) is 24.0 Å². The van der Waals surface area contributed by atoms with Gasteiger partial charge in [-0.1, -0.05) is 13.0 Å². The highest BCUT2D eigenvalue weighted by atomic mass is 19.1. The predicted molar refractivity (Wildman–Crippen MR) is 70.7 cm³/mol. The van der Waals surface area contributed by atoms with Crippen molar-refractivity contribution in [3.63, 3.8) is 0 Å². The number of hydrogen-bond donors (Lipinski definition) is 2. The first-order valence-electron chi connectivity index (χ1n) is 6.22. The first kappa shape index (κ1) is 12.8. The van der Waals surface area contributed by atoms with Crippen LogP contribution in [0.4, 0.5) is 4.39 Å². The van der Waals surface area contributed by atoms with Crippen LogP contribution in [0, 0.1) is 12.7 Å². The molecule has 0 fully saturated rings. The smallest absolute Gasteiger partial charge is 0.137 e. The van der Waals surface area contributed by atoms with Crippen molar-refractivity contribution in [3.05, 3.63) is 41.5 Å². The zero-order chi connectivity index (χ0) is 13.0. The highest BCUT2D eigenvalue weighted by Gasteiger charge is 2.07. The highest BCUT2D eigenvalue weighted by Crippen LogP contribution is 2.21. The minimum Gasteiger partial charge on any atom is -0.341 e. The van der Waals surface area contributed by atoms with Gasteiger partial charge >= 0.3 is 0 Å². The Morgan fingerprint density at radius 1 is 1.39 bits per heavy atom. The van der Waals surface area contributed by atoms with Gasteiger partial charge in [-0.05, 0) is 37.6 Å². The number of aryl methyl sites for hydroxylation is 1. The van der Waals surface area contributed by atoms with Crippen LogP contribution in [0.2, 0.25) is 0 Å². The number of halogens is 1. The van der Waals surface area contributed by atoms with Crippen LogP contribution in [0.15, 0.2) is 24.4 Å². The molecule has 4 heteroatoms. The van der Waals surface area contributed by atoms with Gasteiger partial charge in [-0.25, -0.2) is 9.37 Å². The lowest BCUT2D eigenvalue weighted by atomic mass is 10.1. The van der Waals surface area contributed by atoms with E-state index in [1.165, 1.54) is 12.1 Å². The third-order valence-electron chi connectivity index (χ3n) is 2.83. The molecule has 1 heterocycles. The summed E-state index contributed by atoms with van der Waals surface area (Å²) in [6.45, 7) is 5.82. The normalized spacial score (nSPS) is 10.8. The molecule has 18 heavy (non-hydrogen) atoms. The molecule has 0 atom stereocenters. The molecular weight excluding hydrogens is 229 g/mol. The third-order valence-corrected chi connectivity index (χ3v) is 2.83. The number of aromatic nitrogens is 2. The number of benzene rings is 1. The number of hydrogen-bond acceptors (Lipinski definition) is 2. The molecule has 0 saturated carbocycles. The summed E-state index contributed by atoms with van der Waals surface area (Å²) in [5, 5.41) is 3.30. The number of H-pyrrole nitrogens is 1. The van der Waals surface area contributed by atoms with Crippen molar-refractivity contribution in [1.82, 2.24) is 15.3 Å². The molecule has 1 aromatic carbocycles. The lowest BCUT2D eigenvalue weighted by Gasteiger charge is -2.03. The Morgan fingerprint density at radius 2 is 2.22 bits per heavy atom. The Labute approximate surface area is 106 Å². The first-order chi connectivity index (χ1) is 8.70. The van der Waals surface area contributed by atoms with Gasteiger partial charge in [0.1, 0.15) is 11.6 Å². The van der Waals surface area contributed by atoms with Crippen LogP contribution in [0.5, 0.6) is 0 Å². The molecule has 0 unspecified atom stereocenters. The summed E-state index contributed by atoms with van der Waals surface area (Å²) in [5.41, 5.74) is 2.85. The van der Waals surface area contributed by atoms with E-state index in [-0.39, 0.29) is 5.82 Å². The summed E-state index contributed by atoms with van der Waals surface area (Å²) >= 11 is 0. The van der Waals surface area contributed by atoms with Crippen molar-refractivity contribution in [2.45, 2.75) is 26.8 Å². The van der Waals surface area contributed by atoms with Gasteiger partial charge in [0.15, 0.2) is 0 Å². The minimum absolute atomic E-state index is 0.238. The van der Waals surface area contributed by atoms with E-state index in [4.69, 9.17) is 0 Å². The molecule has 2 rings (SSSR count). The van der Waals surface area contributed by atoms with Gasteiger partial charge in [-0.2, -0.15) is 0 Å². The Hall–Kier alpha value is -1.68. The Balaban J connectivity index is 2.16. The zero-order valence-corrected chi connectivity index (χ0v) is 10.8. The van der Waals surface area contributed by atoms with Crippen molar-refractivity contribution in [2.75, 3.05) is 6.54 Å². The summed E-state index contributed by atoms with van der Waals surface area (Å²) in [7, 11) is 0. The second-order valence-corrected chi connectivity index (χ2v) is 4.39. The van der Waals surface area contributed by atoms with Crippen molar-refractivity contribution in [1.29, 1.82) is 0 Å². The molecule has 0 aliphatic carbocycles. The topological polar surface area (TPSA) is 40.7 Å². The van der Waals surface area contributed by atoms with Crippen LogP contribution in [0.1, 0.15) is 24.6 Å². The fourth-order valence-electron chi connectivity index (χ4n) is 1.83. The van der Waals surface area contributed by atoms with E-state index in [1.54, 1.807) is 12.3 Å². The monoisotopic (exact) mass is 247 g/mol. The number of imidazole rings is 1. The molecule has 2 N–H and O–H groups in total. The van der Waals surface area contributed by atoms with E-state index >= 15 is 0 Å². The number of aromatic amines is 1. The van der Waals surface area contributed by atoms with E-state index in [2.05, 4.69) is 22.2 Å². The Morgan fingerprint density at radius 3 is 3.00 bits per heavy atom. The van der Waals surface area contributed by atoms with E-state index in [9.17, 15) is 4.39 Å². The highest BCUT2D eigenvalue weighted by molar-refractivity contribution is 5.60. The van der Waals surface area contributed by atoms with Crippen molar-refractivity contribution >= 4 is 0 Å². The van der Waals surface area contributed by atoms with E-state index in [0.717, 1.165) is 42.2 Å². The summed E-state index contributed by atoms with van der Waals surface area (Å²) in [5.74, 6) is 0.484. The quantitative estimate of drug-likeness (QED) is 0.797. The minimum atomic E-state index is -0.238. The van der Waals surface area contributed by atoms with Gasteiger partial charge < -0.3 is 10.3 Å². The number of rotatable bonds is 5. The second kappa shape index (κ2) is 5.78. The Kier molecular flexibility index (Phi) is 4.10. The van der Waals surface area contributed by atoms with Crippen LogP contribution < -0.4 is 5.32 Å². The Bertz CT molecular complexity index is 520.